The van der Waals surface area contributed by atoms with Gasteiger partial charge in [0.2, 0.25) is 0 Å². The van der Waals surface area contributed by atoms with E-state index >= 15 is 0 Å². The van der Waals surface area contributed by atoms with Gasteiger partial charge in [-0.1, -0.05) is 36.4 Å². The van der Waals surface area contributed by atoms with E-state index in [-0.39, 0.29) is 5.69 Å². The van der Waals surface area contributed by atoms with E-state index in [1.54, 1.807) is 30.3 Å². The van der Waals surface area contributed by atoms with E-state index in [1.165, 1.54) is 6.07 Å². The molecule has 0 saturated heterocycles. The van der Waals surface area contributed by atoms with Gasteiger partial charge in [0.05, 0.1) is 10.5 Å². The van der Waals surface area contributed by atoms with Gasteiger partial charge in [-0.15, -0.1) is 0 Å². The van der Waals surface area contributed by atoms with E-state index in [0.717, 1.165) is 5.56 Å². The predicted molar refractivity (Wildman–Crippen MR) is 68.3 cm³/mol. The minimum atomic E-state index is -0.979. The van der Waals surface area contributed by atoms with Crippen LogP contribution in [0.5, 0.6) is 0 Å². The molecule has 1 atom stereocenters. The van der Waals surface area contributed by atoms with Crippen LogP contribution < -0.4 is 0 Å². The van der Waals surface area contributed by atoms with Crippen LogP contribution in [0.1, 0.15) is 22.8 Å². The summed E-state index contributed by atoms with van der Waals surface area (Å²) in [6, 6.07) is 13.6. The molecule has 4 heteroatoms. The first kappa shape index (κ1) is 12.3. The van der Waals surface area contributed by atoms with Crippen molar-refractivity contribution in [3.63, 3.8) is 0 Å². The highest BCUT2D eigenvalue weighted by Crippen LogP contribution is 2.30. The maximum absolute atomic E-state index is 10.9. The number of aliphatic hydroxyl groups is 1. The number of aliphatic hydroxyl groups excluding tert-OH is 1. The third kappa shape index (κ3) is 2.24. The molecule has 0 amide bonds. The van der Waals surface area contributed by atoms with Gasteiger partial charge in [0.1, 0.15) is 6.10 Å². The number of aryl methyl sites for hydroxylation is 1. The molecule has 1 N–H and O–H groups in total. The SMILES string of the molecule is Cc1ccccc1C(O)c1ccccc1[N+](=O)[O-]. The zero-order valence-electron chi connectivity index (χ0n) is 9.91. The average Bonchev–Trinajstić information content (AvgIpc) is 2.38. The first-order valence-electron chi connectivity index (χ1n) is 5.58. The summed E-state index contributed by atoms with van der Waals surface area (Å²) >= 11 is 0. The summed E-state index contributed by atoms with van der Waals surface area (Å²) in [5.74, 6) is 0. The molecule has 0 spiro atoms. The first-order valence-corrected chi connectivity index (χ1v) is 5.58. The second kappa shape index (κ2) is 4.98. The normalized spacial score (nSPS) is 12.1. The van der Waals surface area contributed by atoms with E-state index in [4.69, 9.17) is 0 Å². The molecule has 92 valence electrons. The van der Waals surface area contributed by atoms with Crippen molar-refractivity contribution >= 4 is 5.69 Å². The number of benzene rings is 2. The van der Waals surface area contributed by atoms with Crippen molar-refractivity contribution in [2.75, 3.05) is 0 Å². The number of hydrogen-bond donors (Lipinski definition) is 1. The van der Waals surface area contributed by atoms with Gasteiger partial charge in [-0.25, -0.2) is 0 Å². The minimum Gasteiger partial charge on any atom is -0.383 e. The van der Waals surface area contributed by atoms with Gasteiger partial charge in [-0.2, -0.15) is 0 Å². The molecule has 0 heterocycles. The summed E-state index contributed by atoms with van der Waals surface area (Å²) in [6.45, 7) is 1.87. The van der Waals surface area contributed by atoms with Crippen LogP contribution in [0.2, 0.25) is 0 Å². The Morgan fingerprint density at radius 2 is 1.61 bits per heavy atom. The summed E-state index contributed by atoms with van der Waals surface area (Å²) < 4.78 is 0. The van der Waals surface area contributed by atoms with E-state index in [0.29, 0.717) is 11.1 Å². The van der Waals surface area contributed by atoms with Crippen LogP contribution in [0.25, 0.3) is 0 Å². The molecule has 0 aliphatic rings. The second-order valence-corrected chi connectivity index (χ2v) is 4.08. The van der Waals surface area contributed by atoms with Gasteiger partial charge in [0.25, 0.3) is 5.69 Å². The minimum absolute atomic E-state index is 0.0618. The van der Waals surface area contributed by atoms with Gasteiger partial charge in [-0.05, 0) is 24.1 Å². The van der Waals surface area contributed by atoms with Gasteiger partial charge in [0.15, 0.2) is 0 Å². The average molecular weight is 243 g/mol. The Morgan fingerprint density at radius 1 is 1.06 bits per heavy atom. The van der Waals surface area contributed by atoms with Crippen molar-refractivity contribution in [2.45, 2.75) is 13.0 Å². The molecule has 2 aromatic rings. The molecule has 0 bridgehead atoms. The maximum atomic E-state index is 10.9. The topological polar surface area (TPSA) is 63.4 Å². The quantitative estimate of drug-likeness (QED) is 0.665. The van der Waals surface area contributed by atoms with E-state index in [9.17, 15) is 15.2 Å². The summed E-state index contributed by atoms with van der Waals surface area (Å²) in [5.41, 5.74) is 1.85. The summed E-state index contributed by atoms with van der Waals surface area (Å²) in [5, 5.41) is 21.2. The fourth-order valence-electron chi connectivity index (χ4n) is 1.95. The standard InChI is InChI=1S/C14H13NO3/c1-10-6-2-3-7-11(10)14(16)12-8-4-5-9-13(12)15(17)18/h2-9,14,16H,1H3. The highest BCUT2D eigenvalue weighted by atomic mass is 16.6. The van der Waals surface area contributed by atoms with Crippen LogP contribution >= 0.6 is 0 Å². The van der Waals surface area contributed by atoms with Crippen molar-refractivity contribution in [3.8, 4) is 0 Å². The molecule has 1 unspecified atom stereocenters. The zero-order chi connectivity index (χ0) is 13.1. The highest BCUT2D eigenvalue weighted by molar-refractivity contribution is 5.46. The lowest BCUT2D eigenvalue weighted by molar-refractivity contribution is -0.386. The molecule has 0 aliphatic carbocycles. The molecule has 2 aromatic carbocycles. The summed E-state index contributed by atoms with van der Waals surface area (Å²) in [6.07, 6.45) is -0.979. The Balaban J connectivity index is 2.50. The first-order chi connectivity index (χ1) is 8.61. The molecule has 0 fully saturated rings. The van der Waals surface area contributed by atoms with E-state index in [1.807, 2.05) is 19.1 Å². The Kier molecular flexibility index (Phi) is 3.39. The van der Waals surface area contributed by atoms with Crippen LogP contribution in [0.15, 0.2) is 48.5 Å². The Hall–Kier alpha value is -2.20. The summed E-state index contributed by atoms with van der Waals surface area (Å²) in [4.78, 5) is 10.5. The smallest absolute Gasteiger partial charge is 0.275 e. The van der Waals surface area contributed by atoms with Crippen molar-refractivity contribution in [3.05, 3.63) is 75.3 Å². The molecule has 0 aromatic heterocycles. The Morgan fingerprint density at radius 3 is 2.22 bits per heavy atom. The monoisotopic (exact) mass is 243 g/mol. The number of nitrogens with zero attached hydrogens (tertiary/aromatic N) is 1. The highest BCUT2D eigenvalue weighted by Gasteiger charge is 2.21. The molecule has 0 radical (unpaired) electrons. The third-order valence-electron chi connectivity index (χ3n) is 2.91. The molecule has 4 nitrogen and oxygen atoms in total. The maximum Gasteiger partial charge on any atom is 0.275 e. The van der Waals surface area contributed by atoms with Crippen LogP contribution in [-0.4, -0.2) is 10.0 Å². The lowest BCUT2D eigenvalue weighted by Crippen LogP contribution is -2.05. The van der Waals surface area contributed by atoms with E-state index < -0.39 is 11.0 Å². The van der Waals surface area contributed by atoms with Gasteiger partial charge in [0, 0.05) is 6.07 Å². The lowest BCUT2D eigenvalue weighted by Gasteiger charge is -2.13. The van der Waals surface area contributed by atoms with Gasteiger partial charge < -0.3 is 5.11 Å². The van der Waals surface area contributed by atoms with Gasteiger partial charge >= 0.3 is 0 Å². The number of nitro groups is 1. The van der Waals surface area contributed by atoms with Crippen molar-refractivity contribution < 1.29 is 10.0 Å². The van der Waals surface area contributed by atoms with E-state index in [2.05, 4.69) is 0 Å². The Bertz CT molecular complexity index is 581. The summed E-state index contributed by atoms with van der Waals surface area (Å²) in [7, 11) is 0. The van der Waals surface area contributed by atoms with Crippen LogP contribution in [0.4, 0.5) is 5.69 Å². The molecule has 0 saturated carbocycles. The largest absolute Gasteiger partial charge is 0.383 e. The van der Waals surface area contributed by atoms with Crippen molar-refractivity contribution in [1.29, 1.82) is 0 Å². The van der Waals surface area contributed by atoms with Crippen molar-refractivity contribution in [2.24, 2.45) is 0 Å². The van der Waals surface area contributed by atoms with Crippen LogP contribution in [0.3, 0.4) is 0 Å². The number of nitro benzene ring substituents is 1. The van der Waals surface area contributed by atoms with Gasteiger partial charge in [-0.3, -0.25) is 10.1 Å². The van der Waals surface area contributed by atoms with Crippen LogP contribution in [0, 0.1) is 17.0 Å². The fraction of sp³-hybridized carbons (Fsp3) is 0.143. The molecular formula is C14H13NO3. The molecular weight excluding hydrogens is 230 g/mol. The Labute approximate surface area is 105 Å². The number of rotatable bonds is 3. The second-order valence-electron chi connectivity index (χ2n) is 4.08. The van der Waals surface area contributed by atoms with Crippen LogP contribution in [-0.2, 0) is 0 Å². The predicted octanol–water partition coefficient (Wildman–Crippen LogP) is 2.98. The molecule has 18 heavy (non-hydrogen) atoms. The number of hydrogen-bond acceptors (Lipinski definition) is 3. The molecule has 0 aliphatic heterocycles. The third-order valence-corrected chi connectivity index (χ3v) is 2.91. The molecule has 2 rings (SSSR count). The number of para-hydroxylation sites is 1. The zero-order valence-corrected chi connectivity index (χ0v) is 9.91. The fourth-order valence-corrected chi connectivity index (χ4v) is 1.95. The van der Waals surface area contributed by atoms with Crippen molar-refractivity contribution in [1.82, 2.24) is 0 Å². The lowest BCUT2D eigenvalue weighted by atomic mass is 9.96.